The predicted octanol–water partition coefficient (Wildman–Crippen LogP) is 1.13. The van der Waals surface area contributed by atoms with Gasteiger partial charge in [-0.3, -0.25) is 9.59 Å². The van der Waals surface area contributed by atoms with Crippen LogP contribution in [0.25, 0.3) is 0 Å². The van der Waals surface area contributed by atoms with Gasteiger partial charge in [0.05, 0.1) is 5.69 Å². The summed E-state index contributed by atoms with van der Waals surface area (Å²) in [4.78, 5) is 22.2. The molecule has 0 radical (unpaired) electrons. The van der Waals surface area contributed by atoms with E-state index in [0.29, 0.717) is 23.6 Å². The van der Waals surface area contributed by atoms with Crippen LogP contribution in [0.1, 0.15) is 35.2 Å². The summed E-state index contributed by atoms with van der Waals surface area (Å²) in [6, 6.07) is 0. The van der Waals surface area contributed by atoms with Gasteiger partial charge in [0.25, 0.3) is 5.91 Å². The fourth-order valence-electron chi connectivity index (χ4n) is 1.53. The normalized spacial score (nSPS) is 12.2. The number of hydrogen-bond donors (Lipinski definition) is 2. The summed E-state index contributed by atoms with van der Waals surface area (Å²) in [5.74, 6) is -0.801. The van der Waals surface area contributed by atoms with Gasteiger partial charge in [0.15, 0.2) is 0 Å². The van der Waals surface area contributed by atoms with E-state index < -0.39 is 5.97 Å². The van der Waals surface area contributed by atoms with Crippen molar-refractivity contribution >= 4 is 11.9 Å². The number of rotatable bonds is 5. The van der Waals surface area contributed by atoms with E-state index in [2.05, 4.69) is 10.5 Å². The van der Waals surface area contributed by atoms with Crippen LogP contribution in [-0.4, -0.2) is 28.7 Å². The van der Waals surface area contributed by atoms with Crippen molar-refractivity contribution < 1.29 is 19.2 Å². The number of amides is 1. The number of carbonyl (C=O) groups excluding carboxylic acids is 1. The zero-order valence-electron chi connectivity index (χ0n) is 10.1. The van der Waals surface area contributed by atoms with Crippen LogP contribution in [0.2, 0.25) is 0 Å². The molecular formula is C11H16N2O4. The van der Waals surface area contributed by atoms with Gasteiger partial charge in [0.1, 0.15) is 11.3 Å². The van der Waals surface area contributed by atoms with Gasteiger partial charge in [-0.1, -0.05) is 12.1 Å². The zero-order valence-corrected chi connectivity index (χ0v) is 10.1. The molecule has 0 saturated carbocycles. The Hall–Kier alpha value is -1.85. The maximum atomic E-state index is 11.8. The maximum absolute atomic E-state index is 11.8. The van der Waals surface area contributed by atoms with Crippen LogP contribution >= 0.6 is 0 Å². The number of hydrogen-bond acceptors (Lipinski definition) is 4. The standard InChI is InChI=1S/C11H16N2O4/c1-6(4-9(14)15)5-12-11(16)10-7(2)13-17-8(10)3/h6H,4-5H2,1-3H3,(H,12,16)(H,14,15). The molecule has 1 aromatic rings. The molecule has 0 bridgehead atoms. The van der Waals surface area contributed by atoms with Crippen molar-refractivity contribution in [2.45, 2.75) is 27.2 Å². The van der Waals surface area contributed by atoms with E-state index >= 15 is 0 Å². The van der Waals surface area contributed by atoms with Gasteiger partial charge in [-0.05, 0) is 19.8 Å². The van der Waals surface area contributed by atoms with E-state index in [1.54, 1.807) is 20.8 Å². The largest absolute Gasteiger partial charge is 0.481 e. The molecule has 0 saturated heterocycles. The Morgan fingerprint density at radius 2 is 2.12 bits per heavy atom. The third-order valence-electron chi connectivity index (χ3n) is 2.39. The summed E-state index contributed by atoms with van der Waals surface area (Å²) < 4.78 is 4.88. The highest BCUT2D eigenvalue weighted by Crippen LogP contribution is 2.12. The van der Waals surface area contributed by atoms with Crippen molar-refractivity contribution in [3.8, 4) is 0 Å². The minimum atomic E-state index is -0.871. The number of carboxylic acid groups (broad SMARTS) is 1. The number of carboxylic acids is 1. The first-order valence-corrected chi connectivity index (χ1v) is 5.34. The van der Waals surface area contributed by atoms with Crippen LogP contribution in [0.5, 0.6) is 0 Å². The van der Waals surface area contributed by atoms with Gasteiger partial charge in [-0.25, -0.2) is 0 Å². The molecule has 1 atom stereocenters. The Bertz CT molecular complexity index is 406. The van der Waals surface area contributed by atoms with Crippen LogP contribution < -0.4 is 5.32 Å². The third-order valence-corrected chi connectivity index (χ3v) is 2.39. The summed E-state index contributed by atoms with van der Waals surface area (Å²) >= 11 is 0. The molecule has 1 heterocycles. The number of aryl methyl sites for hydroxylation is 2. The van der Waals surface area contributed by atoms with Gasteiger partial charge in [-0.15, -0.1) is 0 Å². The Morgan fingerprint density at radius 3 is 2.59 bits per heavy atom. The van der Waals surface area contributed by atoms with E-state index in [1.165, 1.54) is 0 Å². The van der Waals surface area contributed by atoms with Gasteiger partial charge in [-0.2, -0.15) is 0 Å². The fourth-order valence-corrected chi connectivity index (χ4v) is 1.53. The molecule has 1 unspecified atom stereocenters. The van der Waals surface area contributed by atoms with Crippen LogP contribution in [0.4, 0.5) is 0 Å². The minimum Gasteiger partial charge on any atom is -0.481 e. The van der Waals surface area contributed by atoms with Crippen molar-refractivity contribution in [2.24, 2.45) is 5.92 Å². The van der Waals surface area contributed by atoms with E-state index in [1.807, 2.05) is 0 Å². The molecule has 0 aliphatic rings. The number of carbonyl (C=O) groups is 2. The highest BCUT2D eigenvalue weighted by atomic mass is 16.5. The van der Waals surface area contributed by atoms with Gasteiger partial charge >= 0.3 is 5.97 Å². The molecule has 17 heavy (non-hydrogen) atoms. The highest BCUT2D eigenvalue weighted by Gasteiger charge is 2.18. The molecule has 0 aromatic carbocycles. The minimum absolute atomic E-state index is 0.0296. The van der Waals surface area contributed by atoms with E-state index in [-0.39, 0.29) is 18.2 Å². The second kappa shape index (κ2) is 5.47. The van der Waals surface area contributed by atoms with Crippen LogP contribution in [-0.2, 0) is 4.79 Å². The molecule has 2 N–H and O–H groups in total. The SMILES string of the molecule is Cc1noc(C)c1C(=O)NCC(C)CC(=O)O. The van der Waals surface area contributed by atoms with Crippen molar-refractivity contribution in [1.29, 1.82) is 0 Å². The Kier molecular flexibility index (Phi) is 4.25. The molecule has 0 aliphatic heterocycles. The Morgan fingerprint density at radius 1 is 1.47 bits per heavy atom. The van der Waals surface area contributed by atoms with E-state index in [0.717, 1.165) is 0 Å². The molecule has 1 aromatic heterocycles. The maximum Gasteiger partial charge on any atom is 0.303 e. The summed E-state index contributed by atoms with van der Waals surface area (Å²) in [6.45, 7) is 5.43. The van der Waals surface area contributed by atoms with Crippen LogP contribution in [0.15, 0.2) is 4.52 Å². The molecule has 0 fully saturated rings. The van der Waals surface area contributed by atoms with E-state index in [4.69, 9.17) is 9.63 Å². The molecule has 6 heteroatoms. The number of aromatic nitrogens is 1. The first-order valence-electron chi connectivity index (χ1n) is 5.34. The zero-order chi connectivity index (χ0) is 13.0. The van der Waals surface area contributed by atoms with Crippen molar-refractivity contribution in [1.82, 2.24) is 10.5 Å². The van der Waals surface area contributed by atoms with Gasteiger partial charge in [0, 0.05) is 13.0 Å². The average Bonchev–Trinajstić information content (AvgIpc) is 2.54. The number of nitrogens with one attached hydrogen (secondary N) is 1. The van der Waals surface area contributed by atoms with Gasteiger partial charge in [0.2, 0.25) is 0 Å². The van der Waals surface area contributed by atoms with Crippen LogP contribution in [0, 0.1) is 19.8 Å². The Balaban J connectivity index is 2.53. The lowest BCUT2D eigenvalue weighted by Gasteiger charge is -2.09. The predicted molar refractivity (Wildman–Crippen MR) is 59.7 cm³/mol. The molecule has 1 rings (SSSR count). The monoisotopic (exact) mass is 240 g/mol. The lowest BCUT2D eigenvalue weighted by molar-refractivity contribution is -0.137. The summed E-state index contributed by atoms with van der Waals surface area (Å²) in [7, 11) is 0. The van der Waals surface area contributed by atoms with Gasteiger partial charge < -0.3 is 14.9 Å². The lowest BCUT2D eigenvalue weighted by Crippen LogP contribution is -2.29. The second-order valence-corrected chi connectivity index (χ2v) is 4.11. The van der Waals surface area contributed by atoms with Crippen molar-refractivity contribution in [3.05, 3.63) is 17.0 Å². The van der Waals surface area contributed by atoms with Crippen molar-refractivity contribution in [2.75, 3.05) is 6.54 Å². The third kappa shape index (κ3) is 3.58. The molecular weight excluding hydrogens is 224 g/mol. The summed E-state index contributed by atoms with van der Waals surface area (Å²) in [6.07, 6.45) is 0.0296. The topological polar surface area (TPSA) is 92.4 Å². The second-order valence-electron chi connectivity index (χ2n) is 4.11. The molecule has 0 spiro atoms. The highest BCUT2D eigenvalue weighted by molar-refractivity contribution is 5.96. The van der Waals surface area contributed by atoms with E-state index in [9.17, 15) is 9.59 Å². The fraction of sp³-hybridized carbons (Fsp3) is 0.545. The summed E-state index contributed by atoms with van der Waals surface area (Å²) in [5.41, 5.74) is 0.957. The average molecular weight is 240 g/mol. The molecule has 1 amide bonds. The number of aliphatic carboxylic acids is 1. The first kappa shape index (κ1) is 13.2. The molecule has 0 aliphatic carbocycles. The van der Waals surface area contributed by atoms with Crippen LogP contribution in [0.3, 0.4) is 0 Å². The first-order chi connectivity index (χ1) is 7.91. The number of nitrogens with zero attached hydrogens (tertiary/aromatic N) is 1. The summed E-state index contributed by atoms with van der Waals surface area (Å²) in [5, 5.41) is 14.9. The quantitative estimate of drug-likeness (QED) is 0.804. The Labute approximate surface area is 99.0 Å². The molecule has 94 valence electrons. The lowest BCUT2D eigenvalue weighted by atomic mass is 10.1. The van der Waals surface area contributed by atoms with Crippen molar-refractivity contribution in [3.63, 3.8) is 0 Å². The smallest absolute Gasteiger partial charge is 0.303 e. The molecule has 6 nitrogen and oxygen atoms in total.